The molecule has 1 aromatic heterocycles. The van der Waals surface area contributed by atoms with Crippen LogP contribution in [0.4, 0.5) is 0 Å². The second kappa shape index (κ2) is 9.89. The van der Waals surface area contributed by atoms with Crippen LogP contribution in [0.5, 0.6) is 17.2 Å². The fourth-order valence-electron chi connectivity index (χ4n) is 4.36. The van der Waals surface area contributed by atoms with Gasteiger partial charge in [0.25, 0.3) is 11.7 Å². The molecule has 1 aliphatic rings. The van der Waals surface area contributed by atoms with Gasteiger partial charge in [0.2, 0.25) is 0 Å². The number of hydrogen-bond donors (Lipinski definition) is 1. The molecule has 2 aromatic carbocycles. The average Bonchev–Trinajstić information content (AvgIpc) is 3.12. The van der Waals surface area contributed by atoms with Gasteiger partial charge in [0.1, 0.15) is 11.5 Å². The zero-order chi connectivity index (χ0) is 25.1. The molecule has 3 aromatic rings. The number of aryl methyl sites for hydroxylation is 1. The van der Waals surface area contributed by atoms with Gasteiger partial charge in [-0.15, -0.1) is 0 Å². The number of hydrogen-bond acceptors (Lipinski definition) is 7. The molecule has 8 nitrogen and oxygen atoms in total. The van der Waals surface area contributed by atoms with Crippen molar-refractivity contribution in [2.45, 2.75) is 19.5 Å². The number of Topliss-reactive ketones (excluding diaryl/α,β-unsaturated/α-hetero) is 1. The van der Waals surface area contributed by atoms with Crippen LogP contribution in [-0.4, -0.2) is 48.0 Å². The highest BCUT2D eigenvalue weighted by atomic mass is 16.5. The highest BCUT2D eigenvalue weighted by molar-refractivity contribution is 6.46. The van der Waals surface area contributed by atoms with Gasteiger partial charge in [-0.2, -0.15) is 0 Å². The van der Waals surface area contributed by atoms with E-state index in [-0.39, 0.29) is 17.9 Å². The Hall–Kier alpha value is -4.33. The number of methoxy groups -OCH3 is 3. The number of carbonyl (C=O) groups excluding carboxylic acids is 2. The van der Waals surface area contributed by atoms with Crippen LogP contribution < -0.4 is 14.2 Å². The third-order valence-corrected chi connectivity index (χ3v) is 6.01. The number of likely N-dealkylation sites (tertiary alicyclic amines) is 1. The van der Waals surface area contributed by atoms with Crippen LogP contribution in [0, 0.1) is 6.92 Å². The van der Waals surface area contributed by atoms with Crippen LogP contribution in [0.25, 0.3) is 5.76 Å². The van der Waals surface area contributed by atoms with E-state index >= 15 is 0 Å². The molecular weight excluding hydrogens is 448 g/mol. The van der Waals surface area contributed by atoms with Gasteiger partial charge < -0.3 is 24.2 Å². The molecule has 0 saturated carbocycles. The van der Waals surface area contributed by atoms with E-state index in [1.165, 1.54) is 19.1 Å². The number of aliphatic hydroxyl groups excluding tert-OH is 1. The zero-order valence-corrected chi connectivity index (χ0v) is 19.9. The number of aliphatic hydroxyl groups is 1. The number of ketones is 1. The molecule has 35 heavy (non-hydrogen) atoms. The zero-order valence-electron chi connectivity index (χ0n) is 19.9. The smallest absolute Gasteiger partial charge is 0.295 e. The summed E-state index contributed by atoms with van der Waals surface area (Å²) in [5.74, 6) is -0.334. The van der Waals surface area contributed by atoms with Crippen LogP contribution in [0.3, 0.4) is 0 Å². The standard InChI is InChI=1S/C27H26N2O6/c1-16-13-18(10-11-20(16)33-2)24(30)22-23(19-8-5-9-21(34-3)26(19)35-4)29(27(32)25(22)31)15-17-7-6-12-28-14-17/h5-14,23,30H,15H2,1-4H3/b24-22+. The summed E-state index contributed by atoms with van der Waals surface area (Å²) in [7, 11) is 4.55. The maximum absolute atomic E-state index is 13.3. The van der Waals surface area contributed by atoms with Crippen molar-refractivity contribution >= 4 is 17.4 Å². The molecule has 0 radical (unpaired) electrons. The topological polar surface area (TPSA) is 98.2 Å². The Kier molecular flexibility index (Phi) is 6.73. The molecule has 1 atom stereocenters. The molecule has 4 rings (SSSR count). The average molecular weight is 475 g/mol. The van der Waals surface area contributed by atoms with Gasteiger partial charge in [-0.3, -0.25) is 14.6 Å². The monoisotopic (exact) mass is 474 g/mol. The first kappa shape index (κ1) is 23.8. The molecule has 180 valence electrons. The van der Waals surface area contributed by atoms with E-state index in [1.807, 2.05) is 13.0 Å². The van der Waals surface area contributed by atoms with Crippen LogP contribution in [0.15, 0.2) is 66.5 Å². The molecule has 0 spiro atoms. The van der Waals surface area contributed by atoms with Crippen molar-refractivity contribution in [3.63, 3.8) is 0 Å². The summed E-state index contributed by atoms with van der Waals surface area (Å²) in [6.07, 6.45) is 3.26. The van der Waals surface area contributed by atoms with Crippen LogP contribution in [-0.2, 0) is 16.1 Å². The fraction of sp³-hybridized carbons (Fsp3) is 0.222. The third-order valence-electron chi connectivity index (χ3n) is 6.01. The van der Waals surface area contributed by atoms with E-state index in [0.29, 0.717) is 28.4 Å². The lowest BCUT2D eigenvalue weighted by atomic mass is 9.93. The number of aromatic nitrogens is 1. The third kappa shape index (κ3) is 4.30. The van der Waals surface area contributed by atoms with Crippen LogP contribution in [0.1, 0.15) is 28.3 Å². The maximum atomic E-state index is 13.3. The lowest BCUT2D eigenvalue weighted by Gasteiger charge is -2.27. The largest absolute Gasteiger partial charge is 0.507 e. The minimum absolute atomic E-state index is 0.0324. The minimum atomic E-state index is -0.914. The first-order valence-corrected chi connectivity index (χ1v) is 10.9. The Morgan fingerprint density at radius 2 is 1.77 bits per heavy atom. The molecule has 1 aliphatic heterocycles. The SMILES string of the molecule is COc1ccc(/C(O)=C2\C(=O)C(=O)N(Cc3cccnc3)C2c2cccc(OC)c2OC)cc1C. The summed E-state index contributed by atoms with van der Waals surface area (Å²) in [4.78, 5) is 32.2. The van der Waals surface area contributed by atoms with E-state index in [2.05, 4.69) is 4.98 Å². The molecule has 1 amide bonds. The number of ether oxygens (including phenoxy) is 3. The Balaban J connectivity index is 1.94. The fourth-order valence-corrected chi connectivity index (χ4v) is 4.36. The lowest BCUT2D eigenvalue weighted by Crippen LogP contribution is -2.29. The number of pyridine rings is 1. The van der Waals surface area contributed by atoms with Gasteiger partial charge in [-0.1, -0.05) is 18.2 Å². The molecule has 1 saturated heterocycles. The molecule has 0 bridgehead atoms. The van der Waals surface area contributed by atoms with Crippen molar-refractivity contribution < 1.29 is 28.9 Å². The van der Waals surface area contributed by atoms with E-state index < -0.39 is 17.7 Å². The summed E-state index contributed by atoms with van der Waals surface area (Å²) in [6, 6.07) is 13.0. The second-order valence-corrected chi connectivity index (χ2v) is 8.06. The number of amides is 1. The van der Waals surface area contributed by atoms with E-state index in [1.54, 1.807) is 62.0 Å². The summed E-state index contributed by atoms with van der Waals surface area (Å²) in [5, 5.41) is 11.4. The molecule has 0 aliphatic carbocycles. The molecular formula is C27H26N2O6. The van der Waals surface area contributed by atoms with Gasteiger partial charge >= 0.3 is 0 Å². The Morgan fingerprint density at radius 3 is 2.40 bits per heavy atom. The molecule has 1 N–H and O–H groups in total. The molecule has 2 heterocycles. The van der Waals surface area contributed by atoms with Gasteiger partial charge in [-0.05, 0) is 48.4 Å². The van der Waals surface area contributed by atoms with E-state index in [9.17, 15) is 14.7 Å². The van der Waals surface area contributed by atoms with Crippen molar-refractivity contribution in [3.05, 3.63) is 88.8 Å². The summed E-state index contributed by atoms with van der Waals surface area (Å²) < 4.78 is 16.4. The van der Waals surface area contributed by atoms with Crippen molar-refractivity contribution in [3.8, 4) is 17.2 Å². The summed E-state index contributed by atoms with van der Waals surface area (Å²) in [6.45, 7) is 1.95. The number of rotatable bonds is 7. The summed E-state index contributed by atoms with van der Waals surface area (Å²) in [5.41, 5.74) is 2.39. The maximum Gasteiger partial charge on any atom is 0.295 e. The van der Waals surface area contributed by atoms with E-state index in [0.717, 1.165) is 11.1 Å². The number of nitrogens with zero attached hydrogens (tertiary/aromatic N) is 2. The number of benzene rings is 2. The second-order valence-electron chi connectivity index (χ2n) is 8.06. The van der Waals surface area contributed by atoms with Crippen LogP contribution in [0.2, 0.25) is 0 Å². The number of para-hydroxylation sites is 1. The van der Waals surface area contributed by atoms with Gasteiger partial charge in [0, 0.05) is 30.1 Å². The first-order chi connectivity index (χ1) is 16.9. The Labute approximate surface area is 203 Å². The highest BCUT2D eigenvalue weighted by Crippen LogP contribution is 2.46. The van der Waals surface area contributed by atoms with E-state index in [4.69, 9.17) is 14.2 Å². The Morgan fingerprint density at radius 1 is 1.00 bits per heavy atom. The highest BCUT2D eigenvalue weighted by Gasteiger charge is 2.47. The summed E-state index contributed by atoms with van der Waals surface area (Å²) >= 11 is 0. The van der Waals surface area contributed by atoms with Gasteiger partial charge in [-0.25, -0.2) is 0 Å². The van der Waals surface area contributed by atoms with Crippen molar-refractivity contribution in [1.82, 2.24) is 9.88 Å². The van der Waals surface area contributed by atoms with Crippen molar-refractivity contribution in [2.24, 2.45) is 0 Å². The normalized spacial score (nSPS) is 16.9. The lowest BCUT2D eigenvalue weighted by molar-refractivity contribution is -0.140. The molecule has 1 fully saturated rings. The van der Waals surface area contributed by atoms with Crippen molar-refractivity contribution in [2.75, 3.05) is 21.3 Å². The quantitative estimate of drug-likeness (QED) is 0.314. The van der Waals surface area contributed by atoms with Gasteiger partial charge in [0.15, 0.2) is 11.5 Å². The Bertz CT molecular complexity index is 1300. The first-order valence-electron chi connectivity index (χ1n) is 10.9. The number of carbonyl (C=O) groups is 2. The molecule has 8 heteroatoms. The van der Waals surface area contributed by atoms with Crippen LogP contribution >= 0.6 is 0 Å². The van der Waals surface area contributed by atoms with Gasteiger partial charge in [0.05, 0.1) is 32.9 Å². The predicted octanol–water partition coefficient (Wildman–Crippen LogP) is 4.04. The minimum Gasteiger partial charge on any atom is -0.507 e. The molecule has 1 unspecified atom stereocenters. The predicted molar refractivity (Wildman–Crippen MR) is 129 cm³/mol. The van der Waals surface area contributed by atoms with Crippen molar-refractivity contribution in [1.29, 1.82) is 0 Å².